The van der Waals surface area contributed by atoms with Gasteiger partial charge >= 0.3 is 0 Å². The summed E-state index contributed by atoms with van der Waals surface area (Å²) in [7, 11) is 0. The minimum absolute atomic E-state index is 0.155. The Morgan fingerprint density at radius 1 is 1.10 bits per heavy atom. The Bertz CT molecular complexity index is 680. The molecular weight excluding hydrogens is 270 g/mol. The highest BCUT2D eigenvalue weighted by molar-refractivity contribution is 6.20. The van der Waals surface area contributed by atoms with E-state index in [1.165, 1.54) is 6.20 Å². The molecule has 106 valence electrons. The maximum absolute atomic E-state index is 12.1. The van der Waals surface area contributed by atoms with E-state index in [0.29, 0.717) is 17.0 Å². The molecule has 0 unspecified atom stereocenters. The fourth-order valence-corrected chi connectivity index (χ4v) is 2.18. The van der Waals surface area contributed by atoms with Gasteiger partial charge in [0, 0.05) is 6.20 Å². The van der Waals surface area contributed by atoms with Crippen molar-refractivity contribution in [2.24, 2.45) is 0 Å². The van der Waals surface area contributed by atoms with E-state index in [4.69, 9.17) is 10.5 Å². The average Bonchev–Trinajstić information content (AvgIpc) is 2.74. The van der Waals surface area contributed by atoms with Crippen LogP contribution in [0.1, 0.15) is 20.8 Å². The summed E-state index contributed by atoms with van der Waals surface area (Å²) in [5.74, 6) is -0.194. The van der Waals surface area contributed by atoms with Crippen molar-refractivity contribution >= 4 is 17.5 Å². The number of pyridine rings is 1. The van der Waals surface area contributed by atoms with E-state index in [2.05, 4.69) is 4.98 Å². The Labute approximate surface area is 121 Å². The molecular formula is C15H13N3O3. The van der Waals surface area contributed by atoms with Gasteiger partial charge in [-0.1, -0.05) is 12.1 Å². The monoisotopic (exact) mass is 283 g/mol. The zero-order valence-corrected chi connectivity index (χ0v) is 11.2. The molecule has 21 heavy (non-hydrogen) atoms. The molecule has 1 aliphatic rings. The smallest absolute Gasteiger partial charge is 0.280 e. The van der Waals surface area contributed by atoms with Crippen LogP contribution in [0.25, 0.3) is 0 Å². The molecule has 6 heteroatoms. The molecule has 0 saturated heterocycles. The first-order valence-corrected chi connectivity index (χ1v) is 6.47. The number of nitrogen functional groups attached to an aromatic ring is 1. The summed E-state index contributed by atoms with van der Waals surface area (Å²) in [4.78, 5) is 29.3. The van der Waals surface area contributed by atoms with Gasteiger partial charge in [-0.05, 0) is 24.3 Å². The van der Waals surface area contributed by atoms with Gasteiger partial charge in [0.2, 0.25) is 0 Å². The summed E-state index contributed by atoms with van der Waals surface area (Å²) in [5, 5.41) is 0. The van der Waals surface area contributed by atoms with Crippen molar-refractivity contribution in [1.82, 2.24) is 9.88 Å². The van der Waals surface area contributed by atoms with Crippen molar-refractivity contribution in [2.45, 2.75) is 0 Å². The van der Waals surface area contributed by atoms with Crippen LogP contribution in [0.5, 0.6) is 5.75 Å². The van der Waals surface area contributed by atoms with E-state index in [1.807, 2.05) is 0 Å². The highest BCUT2D eigenvalue weighted by Crippen LogP contribution is 2.22. The number of carbonyl (C=O) groups is 2. The Morgan fingerprint density at radius 3 is 2.67 bits per heavy atom. The zero-order valence-electron chi connectivity index (χ0n) is 11.2. The van der Waals surface area contributed by atoms with E-state index in [-0.39, 0.29) is 30.7 Å². The van der Waals surface area contributed by atoms with Crippen molar-refractivity contribution in [1.29, 1.82) is 0 Å². The highest BCUT2D eigenvalue weighted by atomic mass is 16.5. The van der Waals surface area contributed by atoms with E-state index in [9.17, 15) is 9.59 Å². The van der Waals surface area contributed by atoms with Crippen molar-refractivity contribution < 1.29 is 14.3 Å². The number of benzene rings is 1. The molecule has 0 radical (unpaired) electrons. The molecule has 2 aromatic rings. The van der Waals surface area contributed by atoms with Crippen LogP contribution >= 0.6 is 0 Å². The third-order valence-corrected chi connectivity index (χ3v) is 3.22. The molecule has 0 spiro atoms. The van der Waals surface area contributed by atoms with Crippen LogP contribution < -0.4 is 10.5 Å². The molecule has 3 rings (SSSR count). The van der Waals surface area contributed by atoms with E-state index in [0.717, 1.165) is 4.90 Å². The highest BCUT2D eigenvalue weighted by Gasteiger charge is 2.36. The quantitative estimate of drug-likeness (QED) is 0.676. The fourth-order valence-electron chi connectivity index (χ4n) is 2.18. The maximum atomic E-state index is 12.1. The van der Waals surface area contributed by atoms with Gasteiger partial charge in [-0.15, -0.1) is 0 Å². The van der Waals surface area contributed by atoms with Crippen LogP contribution in [0.2, 0.25) is 0 Å². The number of fused-ring (bicyclic) bond motifs is 1. The summed E-state index contributed by atoms with van der Waals surface area (Å²) >= 11 is 0. The second-order valence-electron chi connectivity index (χ2n) is 4.55. The van der Waals surface area contributed by atoms with E-state index >= 15 is 0 Å². The van der Waals surface area contributed by atoms with Crippen molar-refractivity contribution in [3.63, 3.8) is 0 Å². The van der Waals surface area contributed by atoms with E-state index in [1.54, 1.807) is 36.4 Å². The molecule has 0 bridgehead atoms. The molecule has 1 aliphatic heterocycles. The second-order valence-corrected chi connectivity index (χ2v) is 4.55. The number of amides is 2. The lowest BCUT2D eigenvalue weighted by Crippen LogP contribution is -2.33. The molecule has 0 fully saturated rings. The lowest BCUT2D eigenvalue weighted by molar-refractivity contribution is 0.0630. The van der Waals surface area contributed by atoms with Gasteiger partial charge < -0.3 is 10.5 Å². The van der Waals surface area contributed by atoms with Gasteiger partial charge in [0.25, 0.3) is 11.8 Å². The number of nitrogens with two attached hydrogens (primary N) is 1. The van der Waals surface area contributed by atoms with Crippen LogP contribution in [0.15, 0.2) is 42.6 Å². The summed E-state index contributed by atoms with van der Waals surface area (Å²) in [6.07, 6.45) is 1.49. The number of rotatable bonds is 4. The number of para-hydroxylation sites is 2. The van der Waals surface area contributed by atoms with Crippen LogP contribution in [-0.4, -0.2) is 34.8 Å². The predicted molar refractivity (Wildman–Crippen MR) is 76.0 cm³/mol. The first-order chi connectivity index (χ1) is 10.2. The number of hydrogen-bond donors (Lipinski definition) is 1. The summed E-state index contributed by atoms with van der Waals surface area (Å²) in [5.41, 5.74) is 6.80. The number of nitrogens with zero attached hydrogens (tertiary/aromatic N) is 2. The summed E-state index contributed by atoms with van der Waals surface area (Å²) in [6, 6.07) is 10.3. The van der Waals surface area contributed by atoms with Gasteiger partial charge in [0.05, 0.1) is 17.8 Å². The van der Waals surface area contributed by atoms with Crippen LogP contribution in [0.4, 0.5) is 5.69 Å². The van der Waals surface area contributed by atoms with Crippen molar-refractivity contribution in [3.05, 3.63) is 53.9 Å². The number of ether oxygens (including phenoxy) is 1. The van der Waals surface area contributed by atoms with Crippen molar-refractivity contribution in [3.8, 4) is 5.75 Å². The number of imide groups is 1. The number of aromatic nitrogens is 1. The molecule has 6 nitrogen and oxygen atoms in total. The predicted octanol–water partition coefficient (Wildman–Crippen LogP) is 1.34. The first-order valence-electron chi connectivity index (χ1n) is 6.47. The molecule has 0 saturated carbocycles. The SMILES string of the molecule is Nc1ccccc1OCCN1C(=O)c2cccnc2C1=O. The molecule has 0 atom stereocenters. The Kier molecular flexibility index (Phi) is 3.27. The standard InChI is InChI=1S/C15H13N3O3/c16-11-5-1-2-6-12(11)21-9-8-18-14(19)10-4-3-7-17-13(10)15(18)20/h1-7H,8-9,16H2. The van der Waals surface area contributed by atoms with Gasteiger partial charge in [-0.25, -0.2) is 0 Å². The minimum atomic E-state index is -0.389. The fraction of sp³-hybridized carbons (Fsp3) is 0.133. The van der Waals surface area contributed by atoms with Gasteiger partial charge in [-0.3, -0.25) is 19.5 Å². The van der Waals surface area contributed by atoms with Crippen LogP contribution in [0.3, 0.4) is 0 Å². The molecule has 1 aromatic carbocycles. The molecule has 2 amide bonds. The molecule has 1 aromatic heterocycles. The minimum Gasteiger partial charge on any atom is -0.490 e. The largest absolute Gasteiger partial charge is 0.490 e. The normalized spacial score (nSPS) is 13.4. The second kappa shape index (κ2) is 5.24. The maximum Gasteiger partial charge on any atom is 0.280 e. The Hall–Kier alpha value is -2.89. The number of anilines is 1. The number of hydrogen-bond acceptors (Lipinski definition) is 5. The third-order valence-electron chi connectivity index (χ3n) is 3.22. The van der Waals surface area contributed by atoms with Crippen LogP contribution in [-0.2, 0) is 0 Å². The van der Waals surface area contributed by atoms with E-state index < -0.39 is 0 Å². The lowest BCUT2D eigenvalue weighted by atomic mass is 10.2. The Morgan fingerprint density at radius 2 is 1.90 bits per heavy atom. The van der Waals surface area contributed by atoms with Gasteiger partial charge in [0.15, 0.2) is 0 Å². The lowest BCUT2D eigenvalue weighted by Gasteiger charge is -2.14. The topological polar surface area (TPSA) is 85.5 Å². The third kappa shape index (κ3) is 2.31. The summed E-state index contributed by atoms with van der Waals surface area (Å²) < 4.78 is 5.50. The average molecular weight is 283 g/mol. The summed E-state index contributed by atoms with van der Waals surface area (Å²) in [6.45, 7) is 0.335. The van der Waals surface area contributed by atoms with Crippen LogP contribution in [0, 0.1) is 0 Å². The van der Waals surface area contributed by atoms with Gasteiger partial charge in [0.1, 0.15) is 18.1 Å². The zero-order chi connectivity index (χ0) is 14.8. The van der Waals surface area contributed by atoms with Crippen molar-refractivity contribution in [2.75, 3.05) is 18.9 Å². The number of carbonyl (C=O) groups excluding carboxylic acids is 2. The molecule has 2 N–H and O–H groups in total. The first kappa shape index (κ1) is 13.1. The Balaban J connectivity index is 1.66. The molecule has 2 heterocycles. The molecule has 0 aliphatic carbocycles. The van der Waals surface area contributed by atoms with Gasteiger partial charge in [-0.2, -0.15) is 0 Å².